The highest BCUT2D eigenvalue weighted by Gasteiger charge is 2.13. The van der Waals surface area contributed by atoms with Crippen molar-refractivity contribution in [3.63, 3.8) is 0 Å². The lowest BCUT2D eigenvalue weighted by molar-refractivity contribution is 0.112. The lowest BCUT2D eigenvalue weighted by Gasteiger charge is -2.25. The minimum Gasteiger partial charge on any atom is -0.395 e. The van der Waals surface area contributed by atoms with E-state index in [-0.39, 0.29) is 6.61 Å². The zero-order valence-electron chi connectivity index (χ0n) is 11.0. The number of carbonyl (C=O) groups excluding carboxylic acids is 1. The van der Waals surface area contributed by atoms with E-state index in [1.54, 1.807) is 12.1 Å². The molecule has 2 aromatic rings. The molecule has 0 aliphatic rings. The first-order valence-electron chi connectivity index (χ1n) is 6.39. The van der Waals surface area contributed by atoms with E-state index >= 15 is 0 Å². The second kappa shape index (κ2) is 7.08. The van der Waals surface area contributed by atoms with Crippen molar-refractivity contribution in [2.45, 2.75) is 6.54 Å². The van der Waals surface area contributed by atoms with E-state index in [0.29, 0.717) is 23.7 Å². The van der Waals surface area contributed by atoms with Crippen LogP contribution in [-0.2, 0) is 6.54 Å². The average molecular weight is 290 g/mol. The van der Waals surface area contributed by atoms with Gasteiger partial charge in [-0.15, -0.1) is 0 Å². The van der Waals surface area contributed by atoms with Crippen molar-refractivity contribution in [2.75, 3.05) is 18.1 Å². The third kappa shape index (κ3) is 3.38. The van der Waals surface area contributed by atoms with E-state index in [4.69, 9.17) is 11.6 Å². The number of nitrogens with zero attached hydrogens (tertiary/aromatic N) is 1. The molecule has 0 saturated carbocycles. The van der Waals surface area contributed by atoms with Gasteiger partial charge in [0, 0.05) is 18.8 Å². The topological polar surface area (TPSA) is 40.5 Å². The Kier molecular flexibility index (Phi) is 5.16. The van der Waals surface area contributed by atoms with Crippen LogP contribution in [0.2, 0.25) is 5.02 Å². The largest absolute Gasteiger partial charge is 0.395 e. The van der Waals surface area contributed by atoms with Gasteiger partial charge in [0.15, 0.2) is 6.29 Å². The highest BCUT2D eigenvalue weighted by Crippen LogP contribution is 2.27. The van der Waals surface area contributed by atoms with Crippen LogP contribution in [0, 0.1) is 0 Å². The Morgan fingerprint density at radius 2 is 1.85 bits per heavy atom. The zero-order chi connectivity index (χ0) is 14.4. The Balaban J connectivity index is 2.33. The molecule has 0 spiro atoms. The van der Waals surface area contributed by atoms with Gasteiger partial charge >= 0.3 is 0 Å². The van der Waals surface area contributed by atoms with Gasteiger partial charge < -0.3 is 10.0 Å². The summed E-state index contributed by atoms with van der Waals surface area (Å²) in [6.45, 7) is 1.07. The minimum absolute atomic E-state index is 0.0116. The van der Waals surface area contributed by atoms with E-state index in [2.05, 4.69) is 0 Å². The molecule has 3 nitrogen and oxygen atoms in total. The summed E-state index contributed by atoms with van der Waals surface area (Å²) >= 11 is 6.06. The van der Waals surface area contributed by atoms with Crippen molar-refractivity contribution in [1.82, 2.24) is 0 Å². The fraction of sp³-hybridized carbons (Fsp3) is 0.188. The smallest absolute Gasteiger partial charge is 0.153 e. The summed E-state index contributed by atoms with van der Waals surface area (Å²) in [5, 5.41) is 9.67. The first-order chi connectivity index (χ1) is 9.76. The van der Waals surface area contributed by atoms with Crippen LogP contribution in [0.5, 0.6) is 0 Å². The summed E-state index contributed by atoms with van der Waals surface area (Å²) in [5.74, 6) is 0. The second-order valence-corrected chi connectivity index (χ2v) is 4.83. The molecule has 4 heteroatoms. The van der Waals surface area contributed by atoms with Crippen molar-refractivity contribution in [3.05, 3.63) is 64.7 Å². The molecular weight excluding hydrogens is 274 g/mol. The van der Waals surface area contributed by atoms with Crippen LogP contribution < -0.4 is 4.90 Å². The molecule has 0 aromatic heterocycles. The third-order valence-corrected chi connectivity index (χ3v) is 3.40. The monoisotopic (exact) mass is 289 g/mol. The minimum atomic E-state index is 0.0116. The quantitative estimate of drug-likeness (QED) is 0.831. The molecule has 20 heavy (non-hydrogen) atoms. The van der Waals surface area contributed by atoms with E-state index in [9.17, 15) is 9.90 Å². The second-order valence-electron chi connectivity index (χ2n) is 4.42. The Bertz CT molecular complexity index is 572. The van der Waals surface area contributed by atoms with Gasteiger partial charge in [0.05, 0.1) is 17.2 Å². The number of carbonyl (C=O) groups is 1. The van der Waals surface area contributed by atoms with E-state index in [1.165, 1.54) is 0 Å². The predicted molar refractivity (Wildman–Crippen MR) is 81.4 cm³/mol. The molecule has 0 aliphatic heterocycles. The summed E-state index contributed by atoms with van der Waals surface area (Å²) in [6.07, 6.45) is 0.757. The van der Waals surface area contributed by atoms with Gasteiger partial charge in [-0.05, 0) is 17.7 Å². The molecule has 0 saturated heterocycles. The molecule has 0 radical (unpaired) electrons. The molecule has 0 fully saturated rings. The van der Waals surface area contributed by atoms with Gasteiger partial charge in [0.25, 0.3) is 0 Å². The van der Waals surface area contributed by atoms with Crippen LogP contribution in [0.1, 0.15) is 15.9 Å². The fourth-order valence-corrected chi connectivity index (χ4v) is 2.34. The first kappa shape index (κ1) is 14.6. The van der Waals surface area contributed by atoms with Gasteiger partial charge in [-0.3, -0.25) is 4.79 Å². The average Bonchev–Trinajstić information content (AvgIpc) is 2.47. The molecule has 2 rings (SSSR count). The Labute approximate surface area is 123 Å². The SMILES string of the molecule is O=Cc1c(Cl)cccc1N(CCO)Cc1ccccc1. The summed E-state index contributed by atoms with van der Waals surface area (Å²) in [7, 11) is 0. The van der Waals surface area contributed by atoms with Crippen molar-refractivity contribution < 1.29 is 9.90 Å². The van der Waals surface area contributed by atoms with E-state index < -0.39 is 0 Å². The molecule has 2 aromatic carbocycles. The highest BCUT2D eigenvalue weighted by molar-refractivity contribution is 6.33. The Hall–Kier alpha value is -1.84. The normalized spacial score (nSPS) is 10.3. The number of anilines is 1. The summed E-state index contributed by atoms with van der Waals surface area (Å²) in [6, 6.07) is 15.2. The van der Waals surface area contributed by atoms with Crippen molar-refractivity contribution in [3.8, 4) is 0 Å². The first-order valence-corrected chi connectivity index (χ1v) is 6.77. The number of halogens is 1. The predicted octanol–water partition coefficient (Wildman–Crippen LogP) is 3.15. The number of hydrogen-bond donors (Lipinski definition) is 1. The van der Waals surface area contributed by atoms with Gasteiger partial charge in [0.1, 0.15) is 0 Å². The molecular formula is C16H16ClNO2. The maximum atomic E-state index is 11.2. The maximum Gasteiger partial charge on any atom is 0.153 e. The number of aldehydes is 1. The van der Waals surface area contributed by atoms with Crippen LogP contribution >= 0.6 is 11.6 Å². The lowest BCUT2D eigenvalue weighted by Crippen LogP contribution is -2.27. The maximum absolute atomic E-state index is 11.2. The number of aliphatic hydroxyl groups is 1. The zero-order valence-corrected chi connectivity index (χ0v) is 11.8. The van der Waals surface area contributed by atoms with Crippen LogP contribution in [0.3, 0.4) is 0 Å². The van der Waals surface area contributed by atoms with Crippen molar-refractivity contribution in [2.24, 2.45) is 0 Å². The molecule has 1 N–H and O–H groups in total. The summed E-state index contributed by atoms with van der Waals surface area (Å²) in [5.41, 5.74) is 2.31. The molecule has 0 unspecified atom stereocenters. The Morgan fingerprint density at radius 3 is 2.50 bits per heavy atom. The number of rotatable bonds is 6. The van der Waals surface area contributed by atoms with Gasteiger partial charge in [-0.25, -0.2) is 0 Å². The van der Waals surface area contributed by atoms with Crippen LogP contribution in [0.4, 0.5) is 5.69 Å². The summed E-state index contributed by atoms with van der Waals surface area (Å²) in [4.78, 5) is 13.2. The van der Waals surface area contributed by atoms with Gasteiger partial charge in [-0.1, -0.05) is 48.0 Å². The highest BCUT2D eigenvalue weighted by atomic mass is 35.5. The molecule has 0 heterocycles. The van der Waals surface area contributed by atoms with Crippen molar-refractivity contribution >= 4 is 23.6 Å². The number of benzene rings is 2. The van der Waals surface area contributed by atoms with E-state index in [1.807, 2.05) is 41.3 Å². The van der Waals surface area contributed by atoms with Crippen LogP contribution in [0.15, 0.2) is 48.5 Å². The van der Waals surface area contributed by atoms with Crippen molar-refractivity contribution in [1.29, 1.82) is 0 Å². The van der Waals surface area contributed by atoms with Gasteiger partial charge in [0.2, 0.25) is 0 Å². The Morgan fingerprint density at radius 1 is 1.10 bits per heavy atom. The van der Waals surface area contributed by atoms with E-state index in [0.717, 1.165) is 17.5 Å². The fourth-order valence-electron chi connectivity index (χ4n) is 2.13. The van der Waals surface area contributed by atoms with Crippen LogP contribution in [-0.4, -0.2) is 24.5 Å². The molecule has 0 bridgehead atoms. The molecule has 104 valence electrons. The number of aliphatic hydroxyl groups excluding tert-OH is 1. The number of hydrogen-bond acceptors (Lipinski definition) is 3. The standard InChI is InChI=1S/C16H16ClNO2/c17-15-7-4-8-16(14(15)12-20)18(9-10-19)11-13-5-2-1-3-6-13/h1-8,12,19H,9-11H2. The third-order valence-electron chi connectivity index (χ3n) is 3.07. The van der Waals surface area contributed by atoms with Gasteiger partial charge in [-0.2, -0.15) is 0 Å². The lowest BCUT2D eigenvalue weighted by atomic mass is 10.1. The molecule has 0 atom stereocenters. The molecule has 0 amide bonds. The molecule has 0 aliphatic carbocycles. The van der Waals surface area contributed by atoms with Crippen LogP contribution in [0.25, 0.3) is 0 Å². The summed E-state index contributed by atoms with van der Waals surface area (Å²) < 4.78 is 0.